The number of fused-ring (bicyclic) bond motifs is 2. The Bertz CT molecular complexity index is 833. The molecule has 1 saturated carbocycles. The molecule has 1 fully saturated rings. The molecule has 2 aromatic rings. The number of nitrogens with one attached hydrogen (secondary N) is 1. The van der Waals surface area contributed by atoms with Crippen LogP contribution in [0.5, 0.6) is 5.75 Å². The van der Waals surface area contributed by atoms with Gasteiger partial charge in [0.1, 0.15) is 11.6 Å². The molecule has 1 aliphatic carbocycles. The molecule has 0 aromatic heterocycles. The van der Waals surface area contributed by atoms with Crippen LogP contribution < -0.4 is 10.1 Å². The first-order valence-corrected chi connectivity index (χ1v) is 7.13. The number of anilines is 1. The van der Waals surface area contributed by atoms with Gasteiger partial charge in [-0.15, -0.1) is 0 Å². The second kappa shape index (κ2) is 4.55. The minimum atomic E-state index is -1.40. The van der Waals surface area contributed by atoms with Crippen LogP contribution in [0.4, 0.5) is 14.9 Å². The largest absolute Gasteiger partial charge is 0.511 e. The smallest absolute Gasteiger partial charge is 0.449 e. The number of carboxylic acid groups (broad SMARTS) is 1. The van der Waals surface area contributed by atoms with E-state index in [1.165, 1.54) is 18.2 Å². The Hall–Kier alpha value is -2.89. The first kappa shape index (κ1) is 13.8. The Kier molecular flexibility index (Phi) is 2.72. The summed E-state index contributed by atoms with van der Waals surface area (Å²) in [6.45, 7) is 0. The lowest BCUT2D eigenvalue weighted by atomic mass is 9.92. The van der Waals surface area contributed by atoms with E-state index in [4.69, 9.17) is 5.11 Å². The zero-order valence-corrected chi connectivity index (χ0v) is 11.9. The van der Waals surface area contributed by atoms with Crippen LogP contribution in [0.3, 0.4) is 0 Å². The van der Waals surface area contributed by atoms with E-state index >= 15 is 0 Å². The molecule has 0 radical (unpaired) electrons. The average Bonchev–Trinajstić information content (AvgIpc) is 3.19. The van der Waals surface area contributed by atoms with Crippen molar-refractivity contribution in [2.45, 2.75) is 17.8 Å². The van der Waals surface area contributed by atoms with Gasteiger partial charge >= 0.3 is 6.16 Å². The number of hydrogen-bond donors (Lipinski definition) is 2. The highest BCUT2D eigenvalue weighted by Crippen LogP contribution is 2.65. The zero-order valence-electron chi connectivity index (χ0n) is 11.9. The lowest BCUT2D eigenvalue weighted by Crippen LogP contribution is -2.21. The van der Waals surface area contributed by atoms with Gasteiger partial charge in [0.15, 0.2) is 0 Å². The lowest BCUT2D eigenvalue weighted by molar-refractivity contribution is -0.118. The van der Waals surface area contributed by atoms with Crippen LogP contribution in [-0.2, 0) is 10.2 Å². The number of ether oxygens (including phenoxy) is 1. The van der Waals surface area contributed by atoms with Crippen LogP contribution in [0, 0.1) is 5.82 Å². The van der Waals surface area contributed by atoms with Crippen molar-refractivity contribution in [2.75, 3.05) is 5.32 Å². The van der Waals surface area contributed by atoms with E-state index in [-0.39, 0.29) is 23.4 Å². The maximum absolute atomic E-state index is 13.1. The molecule has 0 unspecified atom stereocenters. The van der Waals surface area contributed by atoms with Gasteiger partial charge < -0.3 is 15.2 Å². The van der Waals surface area contributed by atoms with Gasteiger partial charge in [-0.05, 0) is 47.9 Å². The lowest BCUT2D eigenvalue weighted by Gasteiger charge is -2.10. The molecule has 116 valence electrons. The third kappa shape index (κ3) is 1.98. The van der Waals surface area contributed by atoms with Gasteiger partial charge in [-0.3, -0.25) is 4.79 Å². The predicted octanol–water partition coefficient (Wildman–Crippen LogP) is 3.26. The summed E-state index contributed by atoms with van der Waals surface area (Å²) >= 11 is 0. The molecule has 0 saturated heterocycles. The van der Waals surface area contributed by atoms with Gasteiger partial charge in [0, 0.05) is 11.6 Å². The summed E-state index contributed by atoms with van der Waals surface area (Å²) < 4.78 is 17.8. The highest BCUT2D eigenvalue weighted by molar-refractivity contribution is 6.10. The summed E-state index contributed by atoms with van der Waals surface area (Å²) in [5, 5.41) is 11.6. The first-order chi connectivity index (χ1) is 11.0. The summed E-state index contributed by atoms with van der Waals surface area (Å²) in [6.07, 6.45) is -0.796. The molecule has 5 nitrogen and oxygen atoms in total. The Labute approximate surface area is 130 Å². The summed E-state index contributed by atoms with van der Waals surface area (Å²) in [4.78, 5) is 23.1. The molecule has 1 heterocycles. The predicted molar refractivity (Wildman–Crippen MR) is 79.2 cm³/mol. The number of benzene rings is 2. The zero-order chi connectivity index (χ0) is 16.2. The van der Waals surface area contributed by atoms with Gasteiger partial charge in [-0.25, -0.2) is 9.18 Å². The van der Waals surface area contributed by atoms with E-state index in [2.05, 4.69) is 10.1 Å². The SMILES string of the molecule is O=C(O)Oc1ccc2c(c1)[C@@]1(C[C@H]1c1ccc(F)cc1)C(=O)N2. The number of rotatable bonds is 2. The van der Waals surface area contributed by atoms with Gasteiger partial charge in [0.25, 0.3) is 0 Å². The first-order valence-electron chi connectivity index (χ1n) is 7.13. The standard InChI is InChI=1S/C17H12FNO4/c18-10-3-1-9(2-4-10)13-8-17(13)12-7-11(23-16(21)22)5-6-14(12)19-15(17)20/h1-7,13H,8H2,(H,19,20)(H,21,22)/t13-,17+/m0/s1. The Morgan fingerprint density at radius 3 is 2.70 bits per heavy atom. The van der Waals surface area contributed by atoms with Crippen molar-refractivity contribution in [3.63, 3.8) is 0 Å². The van der Waals surface area contributed by atoms with Crippen molar-refractivity contribution in [1.82, 2.24) is 0 Å². The molecular weight excluding hydrogens is 301 g/mol. The van der Waals surface area contributed by atoms with Crippen molar-refractivity contribution in [3.8, 4) is 5.75 Å². The van der Waals surface area contributed by atoms with E-state index in [1.807, 2.05) is 0 Å². The fourth-order valence-corrected chi connectivity index (χ4v) is 3.43. The van der Waals surface area contributed by atoms with Crippen LogP contribution in [0.2, 0.25) is 0 Å². The Morgan fingerprint density at radius 1 is 1.26 bits per heavy atom. The maximum Gasteiger partial charge on any atom is 0.511 e. The second-order valence-corrected chi connectivity index (χ2v) is 5.81. The van der Waals surface area contributed by atoms with Crippen molar-refractivity contribution in [3.05, 3.63) is 59.4 Å². The summed E-state index contributed by atoms with van der Waals surface area (Å²) in [7, 11) is 0. The monoisotopic (exact) mass is 313 g/mol. The van der Waals surface area contributed by atoms with Crippen LogP contribution in [0.15, 0.2) is 42.5 Å². The molecule has 2 atom stereocenters. The molecule has 23 heavy (non-hydrogen) atoms. The second-order valence-electron chi connectivity index (χ2n) is 5.81. The molecule has 6 heteroatoms. The molecule has 2 aromatic carbocycles. The van der Waals surface area contributed by atoms with Crippen molar-refractivity contribution >= 4 is 17.7 Å². The average molecular weight is 313 g/mol. The molecule has 4 rings (SSSR count). The van der Waals surface area contributed by atoms with E-state index in [1.54, 1.807) is 24.3 Å². The molecule has 2 N–H and O–H groups in total. The van der Waals surface area contributed by atoms with Gasteiger partial charge in [0.05, 0.1) is 5.41 Å². The fourth-order valence-electron chi connectivity index (χ4n) is 3.43. The third-order valence-electron chi connectivity index (χ3n) is 4.56. The Morgan fingerprint density at radius 2 is 2.00 bits per heavy atom. The number of halogens is 1. The van der Waals surface area contributed by atoms with E-state index in [0.29, 0.717) is 12.1 Å². The molecular formula is C17H12FNO4. The number of carbonyl (C=O) groups is 2. The van der Waals surface area contributed by atoms with Crippen LogP contribution in [0.25, 0.3) is 0 Å². The number of amides is 1. The third-order valence-corrected chi connectivity index (χ3v) is 4.56. The molecule has 2 aliphatic rings. The quantitative estimate of drug-likeness (QED) is 0.659. The highest BCUT2D eigenvalue weighted by Gasteiger charge is 2.65. The molecule has 1 aliphatic heterocycles. The summed E-state index contributed by atoms with van der Waals surface area (Å²) in [5.74, 6) is -0.313. The highest BCUT2D eigenvalue weighted by atomic mass is 19.1. The Balaban J connectivity index is 1.73. The van der Waals surface area contributed by atoms with Crippen molar-refractivity contribution in [2.24, 2.45) is 0 Å². The fraction of sp³-hybridized carbons (Fsp3) is 0.176. The van der Waals surface area contributed by atoms with Crippen LogP contribution in [-0.4, -0.2) is 17.2 Å². The molecule has 1 amide bonds. The maximum atomic E-state index is 13.1. The minimum Gasteiger partial charge on any atom is -0.449 e. The normalized spacial score (nSPS) is 24.2. The number of hydrogen-bond acceptors (Lipinski definition) is 3. The minimum absolute atomic E-state index is 0.0515. The van der Waals surface area contributed by atoms with E-state index in [0.717, 1.165) is 11.1 Å². The molecule has 1 spiro atoms. The van der Waals surface area contributed by atoms with Gasteiger partial charge in [-0.2, -0.15) is 0 Å². The van der Waals surface area contributed by atoms with Crippen molar-refractivity contribution in [1.29, 1.82) is 0 Å². The van der Waals surface area contributed by atoms with Crippen LogP contribution in [0.1, 0.15) is 23.5 Å². The number of carbonyl (C=O) groups excluding carboxylic acids is 1. The van der Waals surface area contributed by atoms with Gasteiger partial charge in [0.2, 0.25) is 5.91 Å². The van der Waals surface area contributed by atoms with Crippen LogP contribution >= 0.6 is 0 Å². The molecule has 0 bridgehead atoms. The van der Waals surface area contributed by atoms with Gasteiger partial charge in [-0.1, -0.05) is 12.1 Å². The van der Waals surface area contributed by atoms with Crippen molar-refractivity contribution < 1.29 is 23.8 Å². The van der Waals surface area contributed by atoms with E-state index < -0.39 is 11.6 Å². The summed E-state index contributed by atoms with van der Waals surface area (Å²) in [6, 6.07) is 10.8. The topological polar surface area (TPSA) is 75.6 Å². The summed E-state index contributed by atoms with van der Waals surface area (Å²) in [5.41, 5.74) is 1.57. The van der Waals surface area contributed by atoms with E-state index in [9.17, 15) is 14.0 Å².